The van der Waals surface area contributed by atoms with Gasteiger partial charge in [-0.2, -0.15) is 0 Å². The Hall–Kier alpha value is -2.20. The van der Waals surface area contributed by atoms with Gasteiger partial charge >= 0.3 is 0 Å². The first kappa shape index (κ1) is 12.8. The number of imidazole rings is 1. The van der Waals surface area contributed by atoms with Gasteiger partial charge in [0.15, 0.2) is 0 Å². The quantitative estimate of drug-likeness (QED) is 0.793. The number of fused-ring (bicyclic) bond motifs is 1. The predicted octanol–water partition coefficient (Wildman–Crippen LogP) is 2.84. The van der Waals surface area contributed by atoms with Crippen molar-refractivity contribution in [1.29, 1.82) is 0 Å². The zero-order valence-electron chi connectivity index (χ0n) is 11.7. The van der Waals surface area contributed by atoms with Crippen LogP contribution in [-0.4, -0.2) is 20.1 Å². The van der Waals surface area contributed by atoms with E-state index in [4.69, 9.17) is 10.7 Å². The average Bonchev–Trinajstić information content (AvgIpc) is 2.77. The van der Waals surface area contributed by atoms with E-state index in [-0.39, 0.29) is 5.54 Å². The van der Waals surface area contributed by atoms with Crippen molar-refractivity contribution in [3.63, 3.8) is 0 Å². The zero-order chi connectivity index (χ0) is 14.2. The molecule has 4 nitrogen and oxygen atoms in total. The van der Waals surface area contributed by atoms with E-state index in [0.29, 0.717) is 6.54 Å². The minimum Gasteiger partial charge on any atom is -0.324 e. The number of rotatable bonds is 3. The summed E-state index contributed by atoms with van der Waals surface area (Å²) in [6.45, 7) is 4.77. The highest BCUT2D eigenvalue weighted by Crippen LogP contribution is 2.25. The summed E-state index contributed by atoms with van der Waals surface area (Å²) in [6, 6.07) is 12.1. The highest BCUT2D eigenvalue weighted by molar-refractivity contribution is 5.80. The van der Waals surface area contributed by atoms with Crippen molar-refractivity contribution in [2.45, 2.75) is 25.9 Å². The van der Waals surface area contributed by atoms with Crippen molar-refractivity contribution in [3.05, 3.63) is 48.8 Å². The molecule has 1 aromatic carbocycles. The molecule has 0 atom stereocenters. The van der Waals surface area contributed by atoms with Crippen LogP contribution < -0.4 is 5.73 Å². The Kier molecular flexibility index (Phi) is 3.03. The van der Waals surface area contributed by atoms with Gasteiger partial charge in [-0.25, -0.2) is 4.98 Å². The number of nitrogens with zero attached hydrogens (tertiary/aromatic N) is 3. The van der Waals surface area contributed by atoms with Crippen LogP contribution in [0.1, 0.15) is 13.8 Å². The molecule has 20 heavy (non-hydrogen) atoms. The Bertz CT molecular complexity index is 723. The minimum atomic E-state index is -0.300. The van der Waals surface area contributed by atoms with Gasteiger partial charge in [0.25, 0.3) is 0 Å². The summed E-state index contributed by atoms with van der Waals surface area (Å²) in [5.74, 6) is 0.937. The van der Waals surface area contributed by atoms with Gasteiger partial charge in [0.1, 0.15) is 5.82 Å². The fraction of sp³-hybridized carbons (Fsp3) is 0.250. The Balaban J connectivity index is 2.23. The monoisotopic (exact) mass is 266 g/mol. The molecule has 0 amide bonds. The number of pyridine rings is 1. The van der Waals surface area contributed by atoms with E-state index in [9.17, 15) is 0 Å². The van der Waals surface area contributed by atoms with Crippen LogP contribution in [-0.2, 0) is 6.54 Å². The van der Waals surface area contributed by atoms with Crippen LogP contribution in [0.4, 0.5) is 0 Å². The minimum absolute atomic E-state index is 0.300. The molecule has 102 valence electrons. The number of nitrogens with two attached hydrogens (primary N) is 1. The van der Waals surface area contributed by atoms with Crippen LogP contribution in [0.25, 0.3) is 22.4 Å². The first-order valence-corrected chi connectivity index (χ1v) is 6.69. The Labute approximate surface area is 118 Å². The van der Waals surface area contributed by atoms with Crippen LogP contribution in [0.15, 0.2) is 48.8 Å². The van der Waals surface area contributed by atoms with Crippen molar-refractivity contribution in [1.82, 2.24) is 14.5 Å². The second kappa shape index (κ2) is 4.72. The molecule has 0 bridgehead atoms. The van der Waals surface area contributed by atoms with Crippen molar-refractivity contribution in [2.24, 2.45) is 5.73 Å². The second-order valence-electron chi connectivity index (χ2n) is 5.73. The van der Waals surface area contributed by atoms with Gasteiger partial charge in [-0.1, -0.05) is 12.1 Å². The smallest absolute Gasteiger partial charge is 0.141 e. The number of hydrogen-bond acceptors (Lipinski definition) is 3. The SMILES string of the molecule is CC(C)(N)Cn1c(-c2ccncc2)nc2ccccc21. The third kappa shape index (κ3) is 2.42. The van der Waals surface area contributed by atoms with E-state index in [0.717, 1.165) is 22.4 Å². The van der Waals surface area contributed by atoms with Crippen LogP contribution >= 0.6 is 0 Å². The van der Waals surface area contributed by atoms with Gasteiger partial charge in [0.05, 0.1) is 11.0 Å². The molecule has 0 saturated carbocycles. The normalized spacial score (nSPS) is 11.9. The van der Waals surface area contributed by atoms with Gasteiger partial charge in [-0.05, 0) is 38.1 Å². The lowest BCUT2D eigenvalue weighted by atomic mass is 10.1. The molecular formula is C16H18N4. The molecule has 0 aliphatic rings. The summed E-state index contributed by atoms with van der Waals surface area (Å²) in [5.41, 5.74) is 9.06. The lowest BCUT2D eigenvalue weighted by Gasteiger charge is -2.21. The van der Waals surface area contributed by atoms with Crippen LogP contribution in [0.3, 0.4) is 0 Å². The summed E-state index contributed by atoms with van der Waals surface area (Å²) < 4.78 is 2.19. The Morgan fingerprint density at radius 2 is 1.80 bits per heavy atom. The fourth-order valence-corrected chi connectivity index (χ4v) is 2.36. The predicted molar refractivity (Wildman–Crippen MR) is 81.2 cm³/mol. The topological polar surface area (TPSA) is 56.7 Å². The number of benzene rings is 1. The highest BCUT2D eigenvalue weighted by Gasteiger charge is 2.18. The van der Waals surface area contributed by atoms with Gasteiger partial charge in [-0.15, -0.1) is 0 Å². The van der Waals surface area contributed by atoms with Crippen LogP contribution in [0, 0.1) is 0 Å². The first-order chi connectivity index (χ1) is 9.54. The van der Waals surface area contributed by atoms with E-state index in [1.807, 2.05) is 44.2 Å². The number of hydrogen-bond donors (Lipinski definition) is 1. The molecule has 2 N–H and O–H groups in total. The summed E-state index contributed by atoms with van der Waals surface area (Å²) in [4.78, 5) is 8.81. The molecule has 4 heteroatoms. The van der Waals surface area contributed by atoms with Crippen molar-refractivity contribution >= 4 is 11.0 Å². The lowest BCUT2D eigenvalue weighted by molar-refractivity contribution is 0.442. The molecule has 0 radical (unpaired) electrons. The van der Waals surface area contributed by atoms with Crippen molar-refractivity contribution in [3.8, 4) is 11.4 Å². The highest BCUT2D eigenvalue weighted by atomic mass is 15.1. The molecule has 0 spiro atoms. The lowest BCUT2D eigenvalue weighted by Crippen LogP contribution is -2.37. The molecular weight excluding hydrogens is 248 g/mol. The third-order valence-corrected chi connectivity index (χ3v) is 3.16. The first-order valence-electron chi connectivity index (χ1n) is 6.69. The third-order valence-electron chi connectivity index (χ3n) is 3.16. The maximum absolute atomic E-state index is 6.20. The number of para-hydroxylation sites is 2. The van der Waals surface area contributed by atoms with Gasteiger partial charge in [0.2, 0.25) is 0 Å². The van der Waals surface area contributed by atoms with Gasteiger partial charge in [0, 0.05) is 30.0 Å². The second-order valence-corrected chi connectivity index (χ2v) is 5.73. The molecule has 0 aliphatic carbocycles. The molecule has 0 aliphatic heterocycles. The molecule has 3 aromatic rings. The molecule has 0 fully saturated rings. The van der Waals surface area contributed by atoms with Crippen LogP contribution in [0.2, 0.25) is 0 Å². The average molecular weight is 266 g/mol. The molecule has 0 saturated heterocycles. The van der Waals surface area contributed by atoms with E-state index in [1.54, 1.807) is 12.4 Å². The standard InChI is InChI=1S/C16H18N4/c1-16(2,17)11-20-14-6-4-3-5-13(14)19-15(20)12-7-9-18-10-8-12/h3-10H,11,17H2,1-2H3. The van der Waals surface area contributed by atoms with E-state index >= 15 is 0 Å². The largest absolute Gasteiger partial charge is 0.324 e. The maximum atomic E-state index is 6.20. The van der Waals surface area contributed by atoms with E-state index < -0.39 is 0 Å². The van der Waals surface area contributed by atoms with Gasteiger partial charge in [-0.3, -0.25) is 4.98 Å². The molecule has 2 heterocycles. The molecule has 0 unspecified atom stereocenters. The van der Waals surface area contributed by atoms with Gasteiger partial charge < -0.3 is 10.3 Å². The summed E-state index contributed by atoms with van der Waals surface area (Å²) in [7, 11) is 0. The summed E-state index contributed by atoms with van der Waals surface area (Å²) in [6.07, 6.45) is 3.57. The maximum Gasteiger partial charge on any atom is 0.141 e. The van der Waals surface area contributed by atoms with E-state index in [2.05, 4.69) is 15.6 Å². The van der Waals surface area contributed by atoms with Crippen molar-refractivity contribution in [2.75, 3.05) is 0 Å². The zero-order valence-corrected chi connectivity index (χ0v) is 11.7. The summed E-state index contributed by atoms with van der Waals surface area (Å²) >= 11 is 0. The summed E-state index contributed by atoms with van der Waals surface area (Å²) in [5, 5.41) is 0. The van der Waals surface area contributed by atoms with E-state index in [1.165, 1.54) is 0 Å². The Morgan fingerprint density at radius 3 is 2.50 bits per heavy atom. The number of aromatic nitrogens is 3. The molecule has 3 rings (SSSR count). The molecule has 2 aromatic heterocycles. The Morgan fingerprint density at radius 1 is 1.10 bits per heavy atom. The fourth-order valence-electron chi connectivity index (χ4n) is 2.36. The van der Waals surface area contributed by atoms with Crippen molar-refractivity contribution < 1.29 is 0 Å². The van der Waals surface area contributed by atoms with Crippen LogP contribution in [0.5, 0.6) is 0 Å².